The van der Waals surface area contributed by atoms with Gasteiger partial charge in [0.1, 0.15) is 6.61 Å². The number of hydrogen-bond acceptors (Lipinski definition) is 3. The molecular formula is C15H25N3O2. The lowest BCUT2D eigenvalue weighted by atomic mass is 9.85. The van der Waals surface area contributed by atoms with E-state index in [0.717, 1.165) is 25.1 Å². The number of aryl methyl sites for hydroxylation is 1. The summed E-state index contributed by atoms with van der Waals surface area (Å²) in [7, 11) is 1.87. The molecule has 1 fully saturated rings. The number of hydrogen-bond donors (Lipinski definition) is 0. The maximum Gasteiger partial charge on any atom is 0.248 e. The highest BCUT2D eigenvalue weighted by Gasteiger charge is 2.36. The molecule has 0 bridgehead atoms. The Labute approximate surface area is 120 Å². The second-order valence-corrected chi connectivity index (χ2v) is 6.55. The molecule has 112 valence electrons. The highest BCUT2D eigenvalue weighted by molar-refractivity contribution is 5.78. The van der Waals surface area contributed by atoms with Crippen molar-refractivity contribution in [2.75, 3.05) is 13.2 Å². The fourth-order valence-corrected chi connectivity index (χ4v) is 2.83. The molecule has 5 nitrogen and oxygen atoms in total. The molecular weight excluding hydrogens is 254 g/mol. The van der Waals surface area contributed by atoms with Crippen molar-refractivity contribution in [1.29, 1.82) is 0 Å². The van der Waals surface area contributed by atoms with E-state index in [0.29, 0.717) is 12.6 Å². The summed E-state index contributed by atoms with van der Waals surface area (Å²) in [4.78, 5) is 14.3. The molecule has 1 aromatic heterocycles. The van der Waals surface area contributed by atoms with Gasteiger partial charge in [-0.2, -0.15) is 5.10 Å². The van der Waals surface area contributed by atoms with Crippen LogP contribution in [0.15, 0.2) is 12.3 Å². The van der Waals surface area contributed by atoms with Gasteiger partial charge in [-0.05, 0) is 24.3 Å². The largest absolute Gasteiger partial charge is 0.365 e. The minimum Gasteiger partial charge on any atom is -0.365 e. The zero-order valence-electron chi connectivity index (χ0n) is 12.9. The van der Waals surface area contributed by atoms with Crippen molar-refractivity contribution in [2.45, 2.75) is 46.3 Å². The molecule has 0 spiro atoms. The third-order valence-electron chi connectivity index (χ3n) is 3.97. The van der Waals surface area contributed by atoms with Crippen LogP contribution in [0.1, 0.15) is 39.3 Å². The van der Waals surface area contributed by atoms with Crippen molar-refractivity contribution in [3.63, 3.8) is 0 Å². The molecule has 1 aliphatic rings. The van der Waals surface area contributed by atoms with E-state index in [2.05, 4.69) is 25.9 Å². The van der Waals surface area contributed by atoms with Crippen LogP contribution in [0.25, 0.3) is 0 Å². The first-order valence-corrected chi connectivity index (χ1v) is 7.23. The molecule has 1 saturated heterocycles. The molecule has 20 heavy (non-hydrogen) atoms. The van der Waals surface area contributed by atoms with Crippen LogP contribution in [0.3, 0.4) is 0 Å². The first-order chi connectivity index (χ1) is 9.39. The van der Waals surface area contributed by atoms with E-state index in [-0.39, 0.29) is 17.9 Å². The van der Waals surface area contributed by atoms with E-state index in [1.807, 2.05) is 18.0 Å². The number of nitrogens with zero attached hydrogens (tertiary/aromatic N) is 3. The summed E-state index contributed by atoms with van der Waals surface area (Å²) < 4.78 is 7.30. The van der Waals surface area contributed by atoms with Gasteiger partial charge in [0.05, 0.1) is 12.3 Å². The maximum absolute atomic E-state index is 12.3. The first kappa shape index (κ1) is 15.0. The van der Waals surface area contributed by atoms with Crippen LogP contribution in [-0.2, 0) is 23.2 Å². The van der Waals surface area contributed by atoms with Gasteiger partial charge < -0.3 is 9.64 Å². The predicted molar refractivity (Wildman–Crippen MR) is 77.1 cm³/mol. The quantitative estimate of drug-likeness (QED) is 0.846. The number of likely N-dealkylation sites (tertiary alicyclic amines) is 1. The lowest BCUT2D eigenvalue weighted by Gasteiger charge is -2.35. The van der Waals surface area contributed by atoms with E-state index in [1.54, 1.807) is 10.9 Å². The maximum atomic E-state index is 12.3. The summed E-state index contributed by atoms with van der Waals surface area (Å²) in [5, 5.41) is 4.08. The molecule has 5 heteroatoms. The van der Waals surface area contributed by atoms with Gasteiger partial charge in [-0.25, -0.2) is 0 Å². The molecule has 1 aliphatic heterocycles. The Balaban J connectivity index is 1.84. The second kappa shape index (κ2) is 5.95. The van der Waals surface area contributed by atoms with Gasteiger partial charge in [0.25, 0.3) is 0 Å². The number of carbonyl (C=O) groups excluding carboxylic acids is 1. The van der Waals surface area contributed by atoms with E-state index in [9.17, 15) is 4.79 Å². The summed E-state index contributed by atoms with van der Waals surface area (Å²) in [5.74, 6) is 0.101. The molecule has 2 heterocycles. The SMILES string of the molecule is Cn1nccc1COCC(=O)N1CCC[C@@H]1C(C)(C)C. The van der Waals surface area contributed by atoms with Crippen molar-refractivity contribution in [3.05, 3.63) is 18.0 Å². The van der Waals surface area contributed by atoms with Crippen LogP contribution in [0.5, 0.6) is 0 Å². The molecule has 0 aliphatic carbocycles. The minimum absolute atomic E-state index is 0.101. The number of ether oxygens (including phenoxy) is 1. The highest BCUT2D eigenvalue weighted by atomic mass is 16.5. The molecule has 0 radical (unpaired) electrons. The van der Waals surface area contributed by atoms with E-state index in [1.165, 1.54) is 0 Å². The van der Waals surface area contributed by atoms with Gasteiger partial charge in [-0.15, -0.1) is 0 Å². The number of amides is 1. The Morgan fingerprint density at radius 2 is 2.25 bits per heavy atom. The predicted octanol–water partition coefficient (Wildman–Crippen LogP) is 1.97. The van der Waals surface area contributed by atoms with Gasteiger partial charge in [0.15, 0.2) is 0 Å². The van der Waals surface area contributed by atoms with E-state index < -0.39 is 0 Å². The fraction of sp³-hybridized carbons (Fsp3) is 0.733. The first-order valence-electron chi connectivity index (χ1n) is 7.23. The van der Waals surface area contributed by atoms with Gasteiger partial charge >= 0.3 is 0 Å². The Kier molecular flexibility index (Phi) is 4.48. The Hall–Kier alpha value is -1.36. The van der Waals surface area contributed by atoms with Crippen LogP contribution >= 0.6 is 0 Å². The number of rotatable bonds is 4. The topological polar surface area (TPSA) is 47.4 Å². The van der Waals surface area contributed by atoms with Gasteiger partial charge in [-0.3, -0.25) is 9.48 Å². The molecule has 2 rings (SSSR count). The standard InChI is InChI=1S/C15H25N3O2/c1-15(2,3)13-6-5-9-18(13)14(19)11-20-10-12-7-8-16-17(12)4/h7-8,13H,5-6,9-11H2,1-4H3/t13-/m1/s1. The number of carbonyl (C=O) groups is 1. The zero-order valence-corrected chi connectivity index (χ0v) is 12.9. The lowest BCUT2D eigenvalue weighted by molar-refractivity contribution is -0.139. The van der Waals surface area contributed by atoms with Crippen LogP contribution in [-0.4, -0.2) is 39.8 Å². The molecule has 1 aromatic rings. The minimum atomic E-state index is 0.101. The summed E-state index contributed by atoms with van der Waals surface area (Å²) in [6.45, 7) is 8.02. The highest BCUT2D eigenvalue weighted by Crippen LogP contribution is 2.32. The number of aromatic nitrogens is 2. The second-order valence-electron chi connectivity index (χ2n) is 6.55. The zero-order chi connectivity index (χ0) is 14.8. The summed E-state index contributed by atoms with van der Waals surface area (Å²) in [6, 6.07) is 2.23. The smallest absolute Gasteiger partial charge is 0.248 e. The Morgan fingerprint density at radius 1 is 1.50 bits per heavy atom. The summed E-state index contributed by atoms with van der Waals surface area (Å²) in [5.41, 5.74) is 1.11. The average Bonchev–Trinajstić information content (AvgIpc) is 2.97. The third kappa shape index (κ3) is 3.39. The molecule has 0 N–H and O–H groups in total. The molecule has 1 atom stereocenters. The van der Waals surface area contributed by atoms with Crippen molar-refractivity contribution in [2.24, 2.45) is 12.5 Å². The molecule has 0 unspecified atom stereocenters. The van der Waals surface area contributed by atoms with Crippen LogP contribution in [0.4, 0.5) is 0 Å². The van der Waals surface area contributed by atoms with Crippen molar-refractivity contribution in [1.82, 2.24) is 14.7 Å². The third-order valence-corrected chi connectivity index (χ3v) is 3.97. The van der Waals surface area contributed by atoms with Gasteiger partial charge in [0.2, 0.25) is 5.91 Å². The average molecular weight is 279 g/mol. The van der Waals surface area contributed by atoms with Crippen molar-refractivity contribution in [3.8, 4) is 0 Å². The normalized spacial score (nSPS) is 19.6. The summed E-state index contributed by atoms with van der Waals surface area (Å²) in [6.07, 6.45) is 3.92. The monoisotopic (exact) mass is 279 g/mol. The van der Waals surface area contributed by atoms with Crippen molar-refractivity contribution >= 4 is 5.91 Å². The van der Waals surface area contributed by atoms with E-state index in [4.69, 9.17) is 4.74 Å². The summed E-state index contributed by atoms with van der Waals surface area (Å²) >= 11 is 0. The van der Waals surface area contributed by atoms with Crippen LogP contribution < -0.4 is 0 Å². The van der Waals surface area contributed by atoms with Gasteiger partial charge in [0, 0.05) is 25.8 Å². The Bertz CT molecular complexity index is 462. The fourth-order valence-electron chi connectivity index (χ4n) is 2.83. The van der Waals surface area contributed by atoms with Gasteiger partial charge in [-0.1, -0.05) is 20.8 Å². The van der Waals surface area contributed by atoms with Crippen molar-refractivity contribution < 1.29 is 9.53 Å². The molecule has 1 amide bonds. The lowest BCUT2D eigenvalue weighted by Crippen LogP contribution is -2.44. The molecule has 0 aromatic carbocycles. The van der Waals surface area contributed by atoms with Crippen LogP contribution in [0, 0.1) is 5.41 Å². The van der Waals surface area contributed by atoms with Crippen LogP contribution in [0.2, 0.25) is 0 Å². The Morgan fingerprint density at radius 3 is 2.85 bits per heavy atom. The molecule has 0 saturated carbocycles. The van der Waals surface area contributed by atoms with E-state index >= 15 is 0 Å².